The first-order valence-electron chi connectivity index (χ1n) is 8.80. The summed E-state index contributed by atoms with van der Waals surface area (Å²) in [5.74, 6) is -1.11. The van der Waals surface area contributed by atoms with Gasteiger partial charge < -0.3 is 14.4 Å². The van der Waals surface area contributed by atoms with Crippen LogP contribution in [0.15, 0.2) is 53.4 Å². The van der Waals surface area contributed by atoms with Crippen molar-refractivity contribution in [3.8, 4) is 5.75 Å². The van der Waals surface area contributed by atoms with Crippen LogP contribution in [0.3, 0.4) is 0 Å². The molecule has 1 N–H and O–H groups in total. The minimum atomic E-state index is -3.84. The van der Waals surface area contributed by atoms with Crippen molar-refractivity contribution in [3.05, 3.63) is 59.7 Å². The van der Waals surface area contributed by atoms with Crippen LogP contribution in [0.1, 0.15) is 28.9 Å². The van der Waals surface area contributed by atoms with Crippen molar-refractivity contribution < 1.29 is 27.5 Å². The average molecular weight is 420 g/mol. The van der Waals surface area contributed by atoms with E-state index in [1.54, 1.807) is 7.05 Å². The van der Waals surface area contributed by atoms with E-state index < -0.39 is 22.6 Å². The summed E-state index contributed by atoms with van der Waals surface area (Å²) < 4.78 is 36.5. The van der Waals surface area contributed by atoms with Gasteiger partial charge in [0.2, 0.25) is 10.0 Å². The molecule has 0 saturated carbocycles. The van der Waals surface area contributed by atoms with Crippen molar-refractivity contribution in [1.29, 1.82) is 0 Å². The van der Waals surface area contributed by atoms with Gasteiger partial charge >= 0.3 is 5.97 Å². The number of esters is 1. The average Bonchev–Trinajstić information content (AvgIpc) is 2.76. The van der Waals surface area contributed by atoms with Crippen LogP contribution in [0.25, 0.3) is 0 Å². The normalized spacial score (nSPS) is 12.1. The van der Waals surface area contributed by atoms with Gasteiger partial charge in [-0.15, -0.1) is 0 Å². The molecule has 8 nitrogen and oxygen atoms in total. The predicted molar refractivity (Wildman–Crippen MR) is 107 cm³/mol. The van der Waals surface area contributed by atoms with Gasteiger partial charge in [-0.2, -0.15) is 0 Å². The Balaban J connectivity index is 2.09. The highest BCUT2D eigenvalue weighted by Crippen LogP contribution is 2.25. The van der Waals surface area contributed by atoms with Gasteiger partial charge in [-0.05, 0) is 37.7 Å². The lowest BCUT2D eigenvalue weighted by atomic mass is 10.1. The van der Waals surface area contributed by atoms with Crippen LogP contribution in [0.4, 0.5) is 0 Å². The van der Waals surface area contributed by atoms with E-state index in [1.807, 2.05) is 37.3 Å². The molecular weight excluding hydrogens is 396 g/mol. The van der Waals surface area contributed by atoms with Gasteiger partial charge in [-0.1, -0.05) is 30.3 Å². The van der Waals surface area contributed by atoms with E-state index in [4.69, 9.17) is 9.47 Å². The number of hydrogen-bond donors (Lipinski definition) is 1. The van der Waals surface area contributed by atoms with Crippen LogP contribution in [0.2, 0.25) is 0 Å². The second kappa shape index (κ2) is 9.53. The number of likely N-dealkylation sites (N-methyl/N-ethyl adjacent to an activating group) is 1. The van der Waals surface area contributed by atoms with E-state index in [9.17, 15) is 18.0 Å². The topological polar surface area (TPSA) is 102 Å². The predicted octanol–water partition coefficient (Wildman–Crippen LogP) is 1.98. The van der Waals surface area contributed by atoms with Gasteiger partial charge in [-0.25, -0.2) is 17.9 Å². The third-order valence-electron chi connectivity index (χ3n) is 4.54. The summed E-state index contributed by atoms with van der Waals surface area (Å²) in [6, 6.07) is 13.1. The third kappa shape index (κ3) is 5.33. The summed E-state index contributed by atoms with van der Waals surface area (Å²) in [6.45, 7) is 1.40. The monoisotopic (exact) mass is 420 g/mol. The summed E-state index contributed by atoms with van der Waals surface area (Å²) in [5.41, 5.74) is 0.943. The highest BCUT2D eigenvalue weighted by atomic mass is 32.2. The maximum Gasteiger partial charge on any atom is 0.338 e. The highest BCUT2D eigenvalue weighted by molar-refractivity contribution is 7.89. The Morgan fingerprint density at radius 3 is 2.38 bits per heavy atom. The van der Waals surface area contributed by atoms with Crippen molar-refractivity contribution in [1.82, 2.24) is 9.62 Å². The lowest BCUT2D eigenvalue weighted by Crippen LogP contribution is -2.33. The highest BCUT2D eigenvalue weighted by Gasteiger charge is 2.22. The number of carbonyl (C=O) groups is 2. The Morgan fingerprint density at radius 2 is 1.79 bits per heavy atom. The Kier molecular flexibility index (Phi) is 7.35. The van der Waals surface area contributed by atoms with E-state index in [2.05, 4.69) is 4.72 Å². The summed E-state index contributed by atoms with van der Waals surface area (Å²) in [4.78, 5) is 26.0. The molecule has 0 radical (unpaired) electrons. The van der Waals surface area contributed by atoms with Crippen LogP contribution >= 0.6 is 0 Å². The number of methoxy groups -OCH3 is 1. The number of carbonyl (C=O) groups excluding carboxylic acids is 2. The van der Waals surface area contributed by atoms with Crippen molar-refractivity contribution in [2.75, 3.05) is 27.8 Å². The summed E-state index contributed by atoms with van der Waals surface area (Å²) in [7, 11) is 0.358. The first-order valence-corrected chi connectivity index (χ1v) is 10.3. The Bertz CT molecular complexity index is 976. The van der Waals surface area contributed by atoms with Gasteiger partial charge in [0.1, 0.15) is 10.6 Å². The third-order valence-corrected chi connectivity index (χ3v) is 5.98. The molecule has 2 aromatic carbocycles. The zero-order valence-electron chi connectivity index (χ0n) is 16.7. The van der Waals surface area contributed by atoms with Gasteiger partial charge in [0.25, 0.3) is 5.91 Å². The van der Waals surface area contributed by atoms with Crippen LogP contribution in [0.5, 0.6) is 5.75 Å². The molecule has 156 valence electrons. The molecule has 1 unspecified atom stereocenters. The first kappa shape index (κ1) is 22.4. The molecule has 2 rings (SSSR count). The zero-order chi connectivity index (χ0) is 21.6. The molecule has 29 heavy (non-hydrogen) atoms. The minimum absolute atomic E-state index is 0.00816. The molecule has 0 aliphatic rings. The summed E-state index contributed by atoms with van der Waals surface area (Å²) >= 11 is 0. The van der Waals surface area contributed by atoms with Crippen molar-refractivity contribution in [3.63, 3.8) is 0 Å². The fourth-order valence-corrected chi connectivity index (χ4v) is 3.53. The van der Waals surface area contributed by atoms with Crippen LogP contribution in [0, 0.1) is 0 Å². The Morgan fingerprint density at radius 1 is 1.14 bits per heavy atom. The van der Waals surface area contributed by atoms with Gasteiger partial charge in [-0.3, -0.25) is 4.79 Å². The van der Waals surface area contributed by atoms with Crippen LogP contribution in [-0.4, -0.2) is 53.0 Å². The van der Waals surface area contributed by atoms with Crippen molar-refractivity contribution in [2.45, 2.75) is 17.9 Å². The van der Waals surface area contributed by atoms with Gasteiger partial charge in [0.15, 0.2) is 6.61 Å². The van der Waals surface area contributed by atoms with Crippen molar-refractivity contribution >= 4 is 21.9 Å². The quantitative estimate of drug-likeness (QED) is 0.655. The Hall–Kier alpha value is -2.91. The largest absolute Gasteiger partial charge is 0.495 e. The van der Waals surface area contributed by atoms with Gasteiger partial charge in [0.05, 0.1) is 18.7 Å². The van der Waals surface area contributed by atoms with E-state index >= 15 is 0 Å². The molecule has 0 aliphatic carbocycles. The molecular formula is C20H24N2O6S. The molecule has 0 heterocycles. The second-order valence-corrected chi connectivity index (χ2v) is 8.10. The van der Waals surface area contributed by atoms with E-state index in [0.29, 0.717) is 0 Å². The number of ether oxygens (including phenoxy) is 2. The SMILES string of the molecule is CNS(=O)(=O)c1cc(C(=O)OCC(=O)N(C)C(C)c2ccccc2)ccc1OC. The van der Waals surface area contributed by atoms with Gasteiger partial charge in [0, 0.05) is 7.05 Å². The minimum Gasteiger partial charge on any atom is -0.495 e. The molecule has 0 bridgehead atoms. The molecule has 9 heteroatoms. The van der Waals surface area contributed by atoms with Crippen LogP contribution in [-0.2, 0) is 19.6 Å². The molecule has 0 aliphatic heterocycles. The molecule has 0 spiro atoms. The molecule has 0 aromatic heterocycles. The van der Waals surface area contributed by atoms with Crippen LogP contribution < -0.4 is 9.46 Å². The number of sulfonamides is 1. The lowest BCUT2D eigenvalue weighted by molar-refractivity contribution is -0.135. The second-order valence-electron chi connectivity index (χ2n) is 6.24. The number of nitrogens with zero attached hydrogens (tertiary/aromatic N) is 1. The smallest absolute Gasteiger partial charge is 0.338 e. The molecule has 0 saturated heterocycles. The summed E-state index contributed by atoms with van der Waals surface area (Å²) in [5, 5.41) is 0. The van der Waals surface area contributed by atoms with E-state index in [-0.39, 0.29) is 28.2 Å². The maximum absolute atomic E-state index is 12.4. The summed E-state index contributed by atoms with van der Waals surface area (Å²) in [6.07, 6.45) is 0. The van der Waals surface area contributed by atoms with Crippen molar-refractivity contribution in [2.24, 2.45) is 0 Å². The number of rotatable bonds is 8. The number of amides is 1. The maximum atomic E-state index is 12.4. The van der Waals surface area contributed by atoms with E-state index in [0.717, 1.165) is 11.6 Å². The molecule has 1 atom stereocenters. The number of benzene rings is 2. The molecule has 2 aromatic rings. The van der Waals surface area contributed by atoms with E-state index in [1.165, 1.54) is 31.2 Å². The molecule has 1 amide bonds. The fourth-order valence-electron chi connectivity index (χ4n) is 2.61. The number of hydrogen-bond acceptors (Lipinski definition) is 6. The zero-order valence-corrected chi connectivity index (χ0v) is 17.5. The fraction of sp³-hybridized carbons (Fsp3) is 0.300. The Labute approximate surface area is 170 Å². The lowest BCUT2D eigenvalue weighted by Gasteiger charge is -2.25. The standard InChI is InChI=1S/C20H24N2O6S/c1-14(15-8-6-5-7-9-15)22(3)19(23)13-28-20(24)16-10-11-17(27-4)18(12-16)29(25,26)21-2/h5-12,14,21H,13H2,1-4H3. The molecule has 0 fully saturated rings. The number of nitrogens with one attached hydrogen (secondary N) is 1. The first-order chi connectivity index (χ1) is 13.7.